The van der Waals surface area contributed by atoms with E-state index in [2.05, 4.69) is 25.1 Å². The highest BCUT2D eigenvalue weighted by molar-refractivity contribution is 7.99. The van der Waals surface area contributed by atoms with Crippen LogP contribution in [0.15, 0.2) is 47.8 Å². The van der Waals surface area contributed by atoms with E-state index in [0.29, 0.717) is 28.9 Å². The first kappa shape index (κ1) is 18.5. The second-order valence-corrected chi connectivity index (χ2v) is 6.84. The summed E-state index contributed by atoms with van der Waals surface area (Å²) >= 11 is 0.484. The summed E-state index contributed by atoms with van der Waals surface area (Å²) in [5, 5.41) is 2.80. The van der Waals surface area contributed by atoms with E-state index in [1.165, 1.54) is 0 Å². The first-order chi connectivity index (χ1) is 12.6. The number of benzene rings is 1. The molecule has 1 aliphatic rings. The smallest absolute Gasteiger partial charge is 0.288 e. The Bertz CT molecular complexity index is 709. The Morgan fingerprint density at radius 1 is 1.15 bits per heavy atom. The van der Waals surface area contributed by atoms with Gasteiger partial charge in [-0.2, -0.15) is 8.78 Å². The van der Waals surface area contributed by atoms with E-state index in [4.69, 9.17) is 0 Å². The highest BCUT2D eigenvalue weighted by Gasteiger charge is 2.20. The van der Waals surface area contributed by atoms with E-state index in [1.807, 2.05) is 0 Å². The van der Waals surface area contributed by atoms with Gasteiger partial charge >= 0.3 is 0 Å². The molecule has 26 heavy (non-hydrogen) atoms. The molecule has 1 amide bonds. The minimum absolute atomic E-state index is 0.118. The Hall–Kier alpha value is -2.26. The van der Waals surface area contributed by atoms with Gasteiger partial charge in [-0.3, -0.25) is 14.7 Å². The minimum atomic E-state index is -2.45. The lowest BCUT2D eigenvalue weighted by atomic mass is 10.3. The van der Waals surface area contributed by atoms with Crippen molar-refractivity contribution in [2.75, 3.05) is 42.9 Å². The van der Waals surface area contributed by atoms with Gasteiger partial charge in [0.25, 0.3) is 5.76 Å². The third-order valence-corrected chi connectivity index (χ3v) is 4.70. The van der Waals surface area contributed by atoms with Crippen LogP contribution < -0.4 is 10.2 Å². The summed E-state index contributed by atoms with van der Waals surface area (Å²) in [5.74, 6) is -1.72. The molecule has 1 saturated heterocycles. The molecule has 0 aliphatic carbocycles. The number of amides is 1. The van der Waals surface area contributed by atoms with Gasteiger partial charge < -0.3 is 10.2 Å². The van der Waals surface area contributed by atoms with Gasteiger partial charge in [0.1, 0.15) is 5.82 Å². The minimum Gasteiger partial charge on any atom is -0.353 e. The number of thioether (sulfide) groups is 1. The van der Waals surface area contributed by atoms with E-state index in [0.717, 1.165) is 32.0 Å². The van der Waals surface area contributed by atoms with E-state index in [9.17, 15) is 13.6 Å². The first-order valence-corrected chi connectivity index (χ1v) is 9.06. The van der Waals surface area contributed by atoms with Gasteiger partial charge in [0.15, 0.2) is 0 Å². The number of halogens is 2. The van der Waals surface area contributed by atoms with Crippen LogP contribution >= 0.6 is 11.8 Å². The molecule has 1 aromatic heterocycles. The maximum Gasteiger partial charge on any atom is 0.288 e. The summed E-state index contributed by atoms with van der Waals surface area (Å²) in [6.45, 7) is 3.38. The Labute approximate surface area is 154 Å². The van der Waals surface area contributed by atoms with Crippen LogP contribution in [0.5, 0.6) is 0 Å². The summed E-state index contributed by atoms with van der Waals surface area (Å²) in [5.41, 5.74) is 0.604. The van der Waals surface area contributed by atoms with Gasteiger partial charge in [0.2, 0.25) is 5.91 Å². The fourth-order valence-electron chi connectivity index (χ4n) is 2.71. The molecule has 3 rings (SSSR count). The topological polar surface area (TPSA) is 61.4 Å². The van der Waals surface area contributed by atoms with Crippen molar-refractivity contribution in [3.05, 3.63) is 42.9 Å². The van der Waals surface area contributed by atoms with E-state index >= 15 is 0 Å². The Kier molecular flexibility index (Phi) is 6.35. The second kappa shape index (κ2) is 8.91. The second-order valence-electron chi connectivity index (χ2n) is 5.78. The van der Waals surface area contributed by atoms with Crippen LogP contribution in [0.4, 0.5) is 20.3 Å². The molecular weight excluding hydrogens is 360 g/mol. The standard InChI is InChI=1S/C17H19F2N5OS/c18-17(19)26-14-3-1-13(2-4-14)22-16(25)12-23-7-9-24(10-8-23)15-11-20-5-6-21-15/h1-6,11,17H,7-10,12H2,(H,22,25). The number of aromatic nitrogens is 2. The van der Waals surface area contributed by atoms with Gasteiger partial charge in [-0.1, -0.05) is 11.8 Å². The molecule has 6 nitrogen and oxygen atoms in total. The molecule has 2 heterocycles. The highest BCUT2D eigenvalue weighted by Crippen LogP contribution is 2.26. The lowest BCUT2D eigenvalue weighted by Crippen LogP contribution is -2.48. The number of piperazine rings is 1. The molecule has 0 saturated carbocycles. The number of carbonyl (C=O) groups is 1. The fourth-order valence-corrected chi connectivity index (χ4v) is 3.21. The molecule has 1 N–H and O–H groups in total. The number of anilines is 2. The molecule has 0 atom stereocenters. The number of carbonyl (C=O) groups excluding carboxylic acids is 1. The maximum absolute atomic E-state index is 12.3. The number of rotatable bonds is 6. The zero-order valence-corrected chi connectivity index (χ0v) is 14.8. The molecule has 1 fully saturated rings. The lowest BCUT2D eigenvalue weighted by molar-refractivity contribution is -0.117. The van der Waals surface area contributed by atoms with Gasteiger partial charge in [0.05, 0.1) is 12.7 Å². The van der Waals surface area contributed by atoms with Crippen molar-refractivity contribution < 1.29 is 13.6 Å². The number of nitrogens with zero attached hydrogens (tertiary/aromatic N) is 4. The summed E-state index contributed by atoms with van der Waals surface area (Å²) in [6.07, 6.45) is 5.04. The molecule has 138 valence electrons. The van der Waals surface area contributed by atoms with Crippen LogP contribution in [0, 0.1) is 0 Å². The van der Waals surface area contributed by atoms with Crippen LogP contribution in [-0.2, 0) is 4.79 Å². The quantitative estimate of drug-likeness (QED) is 0.779. The summed E-state index contributed by atoms with van der Waals surface area (Å²) in [6, 6.07) is 6.42. The molecule has 1 aliphatic heterocycles. The highest BCUT2D eigenvalue weighted by atomic mass is 32.2. The van der Waals surface area contributed by atoms with Crippen LogP contribution in [0.3, 0.4) is 0 Å². The average Bonchev–Trinajstić information content (AvgIpc) is 2.64. The molecule has 0 bridgehead atoms. The van der Waals surface area contributed by atoms with Gasteiger partial charge in [0, 0.05) is 49.2 Å². The number of hydrogen-bond donors (Lipinski definition) is 1. The van der Waals surface area contributed by atoms with Gasteiger partial charge in [-0.25, -0.2) is 4.98 Å². The van der Waals surface area contributed by atoms with Crippen LogP contribution in [0.1, 0.15) is 0 Å². The van der Waals surface area contributed by atoms with Crippen molar-refractivity contribution in [3.8, 4) is 0 Å². The van der Waals surface area contributed by atoms with Crippen LogP contribution in [0.25, 0.3) is 0 Å². The summed E-state index contributed by atoms with van der Waals surface area (Å²) in [4.78, 5) is 25.2. The molecule has 0 unspecified atom stereocenters. The van der Waals surface area contributed by atoms with Crippen molar-refractivity contribution in [3.63, 3.8) is 0 Å². The van der Waals surface area contributed by atoms with Crippen LogP contribution in [0.2, 0.25) is 0 Å². The predicted molar refractivity (Wildman–Crippen MR) is 97.6 cm³/mol. The molecule has 9 heteroatoms. The largest absolute Gasteiger partial charge is 0.353 e. The Balaban J connectivity index is 1.44. The fraction of sp³-hybridized carbons (Fsp3) is 0.353. The number of hydrogen-bond acceptors (Lipinski definition) is 6. The SMILES string of the molecule is O=C(CN1CCN(c2cnccn2)CC1)Nc1ccc(SC(F)F)cc1. The first-order valence-electron chi connectivity index (χ1n) is 8.18. The third-order valence-electron chi connectivity index (χ3n) is 3.98. The van der Waals surface area contributed by atoms with E-state index in [-0.39, 0.29) is 5.91 Å². The summed E-state index contributed by atoms with van der Waals surface area (Å²) < 4.78 is 24.6. The lowest BCUT2D eigenvalue weighted by Gasteiger charge is -2.34. The zero-order chi connectivity index (χ0) is 18.4. The third kappa shape index (κ3) is 5.37. The maximum atomic E-state index is 12.3. The van der Waals surface area contributed by atoms with Crippen molar-refractivity contribution in [2.24, 2.45) is 0 Å². The van der Waals surface area contributed by atoms with Crippen LogP contribution in [-0.4, -0.2) is 59.3 Å². The molecule has 0 radical (unpaired) electrons. The van der Waals surface area contributed by atoms with E-state index in [1.54, 1.807) is 42.9 Å². The molecule has 0 spiro atoms. The zero-order valence-electron chi connectivity index (χ0n) is 14.0. The Morgan fingerprint density at radius 3 is 2.50 bits per heavy atom. The van der Waals surface area contributed by atoms with Crippen molar-refractivity contribution >= 4 is 29.2 Å². The van der Waals surface area contributed by atoms with Crippen molar-refractivity contribution in [2.45, 2.75) is 10.7 Å². The monoisotopic (exact) mass is 379 g/mol. The Morgan fingerprint density at radius 2 is 1.88 bits per heavy atom. The van der Waals surface area contributed by atoms with Crippen molar-refractivity contribution in [1.29, 1.82) is 0 Å². The number of nitrogens with one attached hydrogen (secondary N) is 1. The normalized spacial score (nSPS) is 15.3. The predicted octanol–water partition coefficient (Wildman–Crippen LogP) is 2.55. The van der Waals surface area contributed by atoms with E-state index < -0.39 is 5.76 Å². The molecule has 2 aromatic rings. The molecular formula is C17H19F2N5OS. The van der Waals surface area contributed by atoms with Crippen molar-refractivity contribution in [1.82, 2.24) is 14.9 Å². The number of alkyl halides is 2. The summed E-state index contributed by atoms with van der Waals surface area (Å²) in [7, 11) is 0. The van der Waals surface area contributed by atoms with Gasteiger partial charge in [-0.15, -0.1) is 0 Å². The average molecular weight is 379 g/mol. The van der Waals surface area contributed by atoms with Gasteiger partial charge in [-0.05, 0) is 24.3 Å². The molecule has 1 aromatic carbocycles.